The van der Waals surface area contributed by atoms with Gasteiger partial charge in [-0.2, -0.15) is 0 Å². The molecule has 2 N–H and O–H groups in total. The minimum atomic E-state index is -1.03. The molecule has 0 saturated carbocycles. The van der Waals surface area contributed by atoms with Crippen molar-refractivity contribution in [2.45, 2.75) is 33.6 Å². The number of hydrogen-bond donors (Lipinski definition) is 2. The van der Waals surface area contributed by atoms with E-state index in [1.807, 2.05) is 13.8 Å². The summed E-state index contributed by atoms with van der Waals surface area (Å²) >= 11 is 0. The van der Waals surface area contributed by atoms with Crippen LogP contribution in [0, 0.1) is 5.41 Å². The van der Waals surface area contributed by atoms with Gasteiger partial charge < -0.3 is 10.2 Å². The van der Waals surface area contributed by atoms with Crippen LogP contribution >= 0.6 is 0 Å². The van der Waals surface area contributed by atoms with Crippen LogP contribution in [0.1, 0.15) is 33.6 Å². The second kappa shape index (κ2) is 4.12. The molecule has 0 aromatic rings. The molecule has 1 aliphatic carbocycles. The second-order valence-electron chi connectivity index (χ2n) is 4.70. The highest BCUT2D eigenvalue weighted by atomic mass is 16.4. The van der Waals surface area contributed by atoms with E-state index >= 15 is 0 Å². The summed E-state index contributed by atoms with van der Waals surface area (Å²) in [5.41, 5.74) is 1.13. The van der Waals surface area contributed by atoms with Gasteiger partial charge in [-0.25, -0.2) is 9.59 Å². The molecule has 4 nitrogen and oxygen atoms in total. The first kappa shape index (κ1) is 12.5. The molecule has 0 aliphatic heterocycles. The molecule has 0 unspecified atom stereocenters. The van der Waals surface area contributed by atoms with Crippen molar-refractivity contribution in [3.8, 4) is 0 Å². The maximum absolute atomic E-state index is 11.2. The average Bonchev–Trinajstić information content (AvgIpc) is 2.08. The fourth-order valence-corrected chi connectivity index (χ4v) is 2.21. The van der Waals surface area contributed by atoms with E-state index in [4.69, 9.17) is 10.2 Å². The van der Waals surface area contributed by atoms with Crippen molar-refractivity contribution in [2.24, 2.45) is 5.41 Å². The third-order valence-electron chi connectivity index (χ3n) is 3.06. The van der Waals surface area contributed by atoms with Crippen molar-refractivity contribution in [2.75, 3.05) is 0 Å². The summed E-state index contributed by atoms with van der Waals surface area (Å²) in [6, 6.07) is 0. The van der Waals surface area contributed by atoms with E-state index in [0.717, 1.165) is 6.08 Å². The smallest absolute Gasteiger partial charge is 0.332 e. The average molecular weight is 224 g/mol. The molecule has 1 rings (SSSR count). The molecule has 16 heavy (non-hydrogen) atoms. The lowest BCUT2D eigenvalue weighted by molar-refractivity contribution is -0.134. The highest BCUT2D eigenvalue weighted by molar-refractivity contribution is 5.91. The van der Waals surface area contributed by atoms with Crippen molar-refractivity contribution in [1.82, 2.24) is 0 Å². The summed E-state index contributed by atoms with van der Waals surface area (Å²) in [7, 11) is 0. The third kappa shape index (κ3) is 2.32. The van der Waals surface area contributed by atoms with Gasteiger partial charge in [-0.15, -0.1) is 0 Å². The van der Waals surface area contributed by atoms with Crippen LogP contribution in [0.25, 0.3) is 0 Å². The first-order valence-corrected chi connectivity index (χ1v) is 5.14. The molecule has 1 aliphatic rings. The maximum Gasteiger partial charge on any atom is 0.332 e. The topological polar surface area (TPSA) is 74.6 Å². The standard InChI is InChI=1S/C12H16O4/c1-7-8(6-9(13)14)4-5-12(2,3)10(7)11(15)16/h6H,4-5H2,1-3H3,(H,13,14)(H,15,16). The largest absolute Gasteiger partial charge is 0.478 e. The predicted molar refractivity (Wildman–Crippen MR) is 59.1 cm³/mol. The Morgan fingerprint density at radius 2 is 1.88 bits per heavy atom. The molecule has 0 fully saturated rings. The van der Waals surface area contributed by atoms with Crippen LogP contribution in [0.3, 0.4) is 0 Å². The van der Waals surface area contributed by atoms with Gasteiger partial charge in [-0.05, 0) is 36.3 Å². The van der Waals surface area contributed by atoms with Crippen LogP contribution in [-0.4, -0.2) is 22.2 Å². The van der Waals surface area contributed by atoms with Gasteiger partial charge >= 0.3 is 11.9 Å². The van der Waals surface area contributed by atoms with Crippen molar-refractivity contribution in [3.05, 3.63) is 22.8 Å². The van der Waals surface area contributed by atoms with Gasteiger partial charge in [0.1, 0.15) is 0 Å². The van der Waals surface area contributed by atoms with Gasteiger partial charge in [-0.3, -0.25) is 0 Å². The molecule has 0 spiro atoms. The monoisotopic (exact) mass is 224 g/mol. The predicted octanol–water partition coefficient (Wildman–Crippen LogP) is 2.22. The first-order chi connectivity index (χ1) is 7.25. The summed E-state index contributed by atoms with van der Waals surface area (Å²) in [6.07, 6.45) is 2.38. The molecule has 4 heteroatoms. The minimum absolute atomic E-state index is 0.325. The van der Waals surface area contributed by atoms with E-state index in [0.29, 0.717) is 29.6 Å². The van der Waals surface area contributed by atoms with Crippen LogP contribution in [-0.2, 0) is 9.59 Å². The van der Waals surface area contributed by atoms with Crippen LogP contribution in [0.5, 0.6) is 0 Å². The summed E-state index contributed by atoms with van der Waals surface area (Å²) in [5.74, 6) is -1.99. The third-order valence-corrected chi connectivity index (χ3v) is 3.06. The molecule has 0 atom stereocenters. The molecule has 0 bridgehead atoms. The molecule has 0 radical (unpaired) electrons. The van der Waals surface area contributed by atoms with Gasteiger partial charge in [0.15, 0.2) is 0 Å². The number of carbonyl (C=O) groups is 2. The number of allylic oxidation sites excluding steroid dienone is 2. The normalized spacial score (nSPS) is 22.3. The number of hydrogen-bond acceptors (Lipinski definition) is 2. The molecule has 0 aromatic carbocycles. The molecular formula is C12H16O4. The Balaban J connectivity index is 3.31. The molecular weight excluding hydrogens is 208 g/mol. The zero-order chi connectivity index (χ0) is 12.5. The number of carboxylic acid groups (broad SMARTS) is 2. The van der Waals surface area contributed by atoms with E-state index in [1.54, 1.807) is 6.92 Å². The maximum atomic E-state index is 11.2. The van der Waals surface area contributed by atoms with E-state index in [1.165, 1.54) is 0 Å². The number of carboxylic acids is 2. The summed E-state index contributed by atoms with van der Waals surface area (Å²) in [4.78, 5) is 21.8. The molecule has 88 valence electrons. The zero-order valence-corrected chi connectivity index (χ0v) is 9.70. The van der Waals surface area contributed by atoms with E-state index < -0.39 is 17.4 Å². The zero-order valence-electron chi connectivity index (χ0n) is 9.70. The minimum Gasteiger partial charge on any atom is -0.478 e. The summed E-state index contributed by atoms with van der Waals surface area (Å²) < 4.78 is 0. The van der Waals surface area contributed by atoms with E-state index in [9.17, 15) is 9.59 Å². The Hall–Kier alpha value is -1.58. The Labute approximate surface area is 94.3 Å². The van der Waals surface area contributed by atoms with Gasteiger partial charge in [0.2, 0.25) is 0 Å². The van der Waals surface area contributed by atoms with Crippen LogP contribution < -0.4 is 0 Å². The Bertz CT molecular complexity index is 399. The Morgan fingerprint density at radius 3 is 2.31 bits per heavy atom. The van der Waals surface area contributed by atoms with Gasteiger partial charge in [0.05, 0.1) is 0 Å². The quantitative estimate of drug-likeness (QED) is 0.705. The molecule has 0 heterocycles. The van der Waals surface area contributed by atoms with Crippen molar-refractivity contribution < 1.29 is 19.8 Å². The number of aliphatic carboxylic acids is 2. The molecule has 0 aromatic heterocycles. The molecule has 0 amide bonds. The number of rotatable bonds is 2. The van der Waals surface area contributed by atoms with Crippen molar-refractivity contribution in [3.63, 3.8) is 0 Å². The fourth-order valence-electron chi connectivity index (χ4n) is 2.21. The van der Waals surface area contributed by atoms with Gasteiger partial charge in [-0.1, -0.05) is 13.8 Å². The highest BCUT2D eigenvalue weighted by Crippen LogP contribution is 2.42. The Kier molecular flexibility index (Phi) is 3.21. The second-order valence-corrected chi connectivity index (χ2v) is 4.70. The lowest BCUT2D eigenvalue weighted by Gasteiger charge is -2.33. The molecule has 0 saturated heterocycles. The van der Waals surface area contributed by atoms with Crippen LogP contribution in [0.15, 0.2) is 22.8 Å². The summed E-state index contributed by atoms with van der Waals surface area (Å²) in [6.45, 7) is 5.42. The Morgan fingerprint density at radius 1 is 1.31 bits per heavy atom. The summed E-state index contributed by atoms with van der Waals surface area (Å²) in [5, 5.41) is 17.9. The van der Waals surface area contributed by atoms with E-state index in [2.05, 4.69) is 0 Å². The van der Waals surface area contributed by atoms with Crippen molar-refractivity contribution in [1.29, 1.82) is 0 Å². The highest BCUT2D eigenvalue weighted by Gasteiger charge is 2.34. The lowest BCUT2D eigenvalue weighted by atomic mass is 9.71. The van der Waals surface area contributed by atoms with E-state index in [-0.39, 0.29) is 0 Å². The lowest BCUT2D eigenvalue weighted by Crippen LogP contribution is -2.27. The van der Waals surface area contributed by atoms with Gasteiger partial charge in [0, 0.05) is 11.6 Å². The fraction of sp³-hybridized carbons (Fsp3) is 0.500. The SMILES string of the molecule is CC1=C(C(=O)O)C(C)(C)CCC1=CC(=O)O. The first-order valence-electron chi connectivity index (χ1n) is 5.14. The van der Waals surface area contributed by atoms with Crippen molar-refractivity contribution >= 4 is 11.9 Å². The van der Waals surface area contributed by atoms with Crippen LogP contribution in [0.2, 0.25) is 0 Å². The van der Waals surface area contributed by atoms with Gasteiger partial charge in [0.25, 0.3) is 0 Å². The van der Waals surface area contributed by atoms with Crippen LogP contribution in [0.4, 0.5) is 0 Å².